The quantitative estimate of drug-likeness (QED) is 0.455. The number of esters is 1. The van der Waals surface area contributed by atoms with Gasteiger partial charge in [0, 0.05) is 12.1 Å². The highest BCUT2D eigenvalue weighted by Crippen LogP contribution is 2.36. The molecule has 0 amide bonds. The fraction of sp³-hybridized carbons (Fsp3) is 0.222. The summed E-state index contributed by atoms with van der Waals surface area (Å²) in [7, 11) is 0. The van der Waals surface area contributed by atoms with E-state index in [0.29, 0.717) is 0 Å². The van der Waals surface area contributed by atoms with Gasteiger partial charge < -0.3 is 14.9 Å². The molecule has 0 bridgehead atoms. The molecule has 0 aliphatic rings. The van der Waals surface area contributed by atoms with E-state index in [-0.39, 0.29) is 12.2 Å². The maximum absolute atomic E-state index is 11.2. The van der Waals surface area contributed by atoms with Crippen LogP contribution in [0.4, 0.5) is 5.69 Å². The molecule has 0 unspecified atom stereocenters. The summed E-state index contributed by atoms with van der Waals surface area (Å²) >= 11 is 0. The summed E-state index contributed by atoms with van der Waals surface area (Å²) in [6, 6.07) is 1.74. The maximum Gasteiger partial charge on any atom is 0.351 e. The zero-order valence-corrected chi connectivity index (χ0v) is 8.34. The van der Waals surface area contributed by atoms with Crippen molar-refractivity contribution in [1.82, 2.24) is 0 Å². The van der Waals surface area contributed by atoms with E-state index >= 15 is 0 Å². The summed E-state index contributed by atoms with van der Waals surface area (Å²) < 4.78 is 4.61. The van der Waals surface area contributed by atoms with Crippen molar-refractivity contribution in [2.75, 3.05) is 6.61 Å². The zero-order valence-electron chi connectivity index (χ0n) is 8.34. The van der Waals surface area contributed by atoms with E-state index in [1.807, 2.05) is 0 Å². The van der Waals surface area contributed by atoms with Gasteiger partial charge in [0.2, 0.25) is 0 Å². The number of nitro groups is 1. The lowest BCUT2D eigenvalue weighted by molar-refractivity contribution is -0.386. The highest BCUT2D eigenvalue weighted by Gasteiger charge is 2.23. The first kappa shape index (κ1) is 11.8. The molecule has 1 aromatic rings. The van der Waals surface area contributed by atoms with Crippen LogP contribution >= 0.6 is 0 Å². The molecule has 0 aromatic heterocycles. The Morgan fingerprint density at radius 3 is 2.31 bits per heavy atom. The third-order valence-electron chi connectivity index (χ3n) is 1.76. The van der Waals surface area contributed by atoms with Crippen LogP contribution in [0.15, 0.2) is 12.1 Å². The Hall–Kier alpha value is -2.31. The van der Waals surface area contributed by atoms with Crippen LogP contribution in [-0.4, -0.2) is 27.7 Å². The Labute approximate surface area is 90.0 Å². The summed E-state index contributed by atoms with van der Waals surface area (Å²) in [6.07, 6.45) is 0. The van der Waals surface area contributed by atoms with Gasteiger partial charge in [-0.3, -0.25) is 10.1 Å². The number of hydrogen-bond donors (Lipinski definition) is 2. The van der Waals surface area contributed by atoms with Crippen molar-refractivity contribution in [3.63, 3.8) is 0 Å². The van der Waals surface area contributed by atoms with Gasteiger partial charge in [-0.1, -0.05) is 0 Å². The van der Waals surface area contributed by atoms with Crippen molar-refractivity contribution in [2.45, 2.75) is 6.92 Å². The summed E-state index contributed by atoms with van der Waals surface area (Å²) in [5.74, 6) is -2.34. The average molecular weight is 227 g/mol. The van der Waals surface area contributed by atoms with Gasteiger partial charge in [-0.15, -0.1) is 0 Å². The second-order valence-corrected chi connectivity index (χ2v) is 2.84. The van der Waals surface area contributed by atoms with Gasteiger partial charge in [-0.2, -0.15) is 0 Å². The summed E-state index contributed by atoms with van der Waals surface area (Å²) in [5, 5.41) is 28.9. The Morgan fingerprint density at radius 2 is 1.94 bits per heavy atom. The molecule has 0 aliphatic heterocycles. The van der Waals surface area contributed by atoms with Gasteiger partial charge >= 0.3 is 11.7 Å². The fourth-order valence-electron chi connectivity index (χ4n) is 1.12. The lowest BCUT2D eigenvalue weighted by atomic mass is 10.1. The minimum absolute atomic E-state index is 0.122. The highest BCUT2D eigenvalue weighted by molar-refractivity contribution is 5.91. The molecule has 2 N–H and O–H groups in total. The predicted octanol–water partition coefficient (Wildman–Crippen LogP) is 1.18. The minimum atomic E-state index is -0.945. The standard InChI is InChI=1S/C9H9NO6/c1-2-16-9(13)5-3-6(11)8(10(14)15)7(12)4-5/h3-4,11-12H,2H2,1H3. The number of ether oxygens (including phenoxy) is 1. The van der Waals surface area contributed by atoms with Crippen LogP contribution in [-0.2, 0) is 4.74 Å². The Balaban J connectivity index is 3.19. The van der Waals surface area contributed by atoms with Crippen molar-refractivity contribution in [3.8, 4) is 11.5 Å². The van der Waals surface area contributed by atoms with E-state index in [9.17, 15) is 25.1 Å². The number of nitrogens with zero attached hydrogens (tertiary/aromatic N) is 1. The maximum atomic E-state index is 11.2. The predicted molar refractivity (Wildman–Crippen MR) is 52.4 cm³/mol. The van der Waals surface area contributed by atoms with Crippen molar-refractivity contribution in [1.29, 1.82) is 0 Å². The fourth-order valence-corrected chi connectivity index (χ4v) is 1.12. The highest BCUT2D eigenvalue weighted by atomic mass is 16.6. The number of aromatic hydroxyl groups is 2. The molecular weight excluding hydrogens is 218 g/mol. The second kappa shape index (κ2) is 4.47. The molecule has 7 heteroatoms. The molecule has 16 heavy (non-hydrogen) atoms. The SMILES string of the molecule is CCOC(=O)c1cc(O)c([N+](=O)[O-])c(O)c1. The van der Waals surface area contributed by atoms with Gasteiger partial charge in [0.1, 0.15) is 0 Å². The first-order valence-corrected chi connectivity index (χ1v) is 4.34. The third-order valence-corrected chi connectivity index (χ3v) is 1.76. The van der Waals surface area contributed by atoms with E-state index in [4.69, 9.17) is 0 Å². The molecule has 0 saturated carbocycles. The molecule has 86 valence electrons. The van der Waals surface area contributed by atoms with Gasteiger partial charge in [0.15, 0.2) is 11.5 Å². The van der Waals surface area contributed by atoms with Crippen molar-refractivity contribution < 1.29 is 24.7 Å². The van der Waals surface area contributed by atoms with E-state index in [1.165, 1.54) is 0 Å². The molecule has 0 spiro atoms. The molecular formula is C9H9NO6. The normalized spacial score (nSPS) is 9.81. The van der Waals surface area contributed by atoms with E-state index in [0.717, 1.165) is 12.1 Å². The van der Waals surface area contributed by atoms with Gasteiger partial charge in [-0.25, -0.2) is 4.79 Å². The van der Waals surface area contributed by atoms with Crippen LogP contribution in [0.2, 0.25) is 0 Å². The first-order chi connectivity index (χ1) is 7.47. The monoisotopic (exact) mass is 227 g/mol. The molecule has 0 fully saturated rings. The van der Waals surface area contributed by atoms with Crippen LogP contribution in [0.3, 0.4) is 0 Å². The molecule has 1 aromatic carbocycles. The molecule has 7 nitrogen and oxygen atoms in total. The lowest BCUT2D eigenvalue weighted by Crippen LogP contribution is -2.04. The minimum Gasteiger partial charge on any atom is -0.502 e. The number of hydrogen-bond acceptors (Lipinski definition) is 6. The summed E-state index contributed by atoms with van der Waals surface area (Å²) in [5.41, 5.74) is -0.990. The van der Waals surface area contributed by atoms with Gasteiger partial charge in [0.25, 0.3) is 0 Å². The molecule has 0 heterocycles. The van der Waals surface area contributed by atoms with Gasteiger partial charge in [-0.05, 0) is 6.92 Å². The first-order valence-electron chi connectivity index (χ1n) is 4.34. The number of rotatable bonds is 3. The number of carbonyl (C=O) groups is 1. The van der Waals surface area contributed by atoms with Crippen LogP contribution in [0.5, 0.6) is 11.5 Å². The van der Waals surface area contributed by atoms with Crippen molar-refractivity contribution in [3.05, 3.63) is 27.8 Å². The molecule has 0 atom stereocenters. The molecule has 0 radical (unpaired) electrons. The van der Waals surface area contributed by atoms with Crippen molar-refractivity contribution >= 4 is 11.7 Å². The molecule has 0 aliphatic carbocycles. The number of nitro benzene ring substituents is 1. The Morgan fingerprint density at radius 1 is 1.44 bits per heavy atom. The Bertz CT molecular complexity index is 419. The average Bonchev–Trinajstić information content (AvgIpc) is 2.16. The largest absolute Gasteiger partial charge is 0.502 e. The summed E-state index contributed by atoms with van der Waals surface area (Å²) in [6.45, 7) is 1.71. The number of benzene rings is 1. The molecule has 1 rings (SSSR count). The van der Waals surface area contributed by atoms with E-state index in [2.05, 4.69) is 4.74 Å². The number of phenols is 2. The lowest BCUT2D eigenvalue weighted by Gasteiger charge is -2.04. The van der Waals surface area contributed by atoms with Crippen molar-refractivity contribution in [2.24, 2.45) is 0 Å². The number of carbonyl (C=O) groups excluding carboxylic acids is 1. The van der Waals surface area contributed by atoms with Crippen LogP contribution in [0, 0.1) is 10.1 Å². The summed E-state index contributed by atoms with van der Waals surface area (Å²) in [4.78, 5) is 20.7. The zero-order chi connectivity index (χ0) is 12.3. The smallest absolute Gasteiger partial charge is 0.351 e. The third kappa shape index (κ3) is 2.19. The van der Waals surface area contributed by atoms with Crippen LogP contribution in [0.1, 0.15) is 17.3 Å². The van der Waals surface area contributed by atoms with E-state index in [1.54, 1.807) is 6.92 Å². The van der Waals surface area contributed by atoms with Gasteiger partial charge in [0.05, 0.1) is 17.1 Å². The molecule has 0 saturated heterocycles. The Kier molecular flexibility index (Phi) is 3.29. The second-order valence-electron chi connectivity index (χ2n) is 2.84. The van der Waals surface area contributed by atoms with Crippen LogP contribution < -0.4 is 0 Å². The van der Waals surface area contributed by atoms with E-state index < -0.39 is 28.1 Å². The topological polar surface area (TPSA) is 110 Å². The van der Waals surface area contributed by atoms with Crippen LogP contribution in [0.25, 0.3) is 0 Å². The number of phenolic OH excluding ortho intramolecular Hbond substituents is 2.